The van der Waals surface area contributed by atoms with Crippen molar-refractivity contribution in [2.45, 2.75) is 44.6 Å². The predicted octanol–water partition coefficient (Wildman–Crippen LogP) is 2.78. The van der Waals surface area contributed by atoms with Crippen LogP contribution >= 0.6 is 0 Å². The molecule has 1 aromatic rings. The van der Waals surface area contributed by atoms with E-state index in [2.05, 4.69) is 13.8 Å². The average Bonchev–Trinajstić information content (AvgIpc) is 2.78. The molecule has 0 bridgehead atoms. The van der Waals surface area contributed by atoms with E-state index in [1.54, 1.807) is 12.1 Å². The number of ether oxygens (including phenoxy) is 1. The smallest absolute Gasteiger partial charge is 0.126 e. The highest BCUT2D eigenvalue weighted by molar-refractivity contribution is 5.48. The SMILES string of the molecule is CC(C)(CC1C[C@@H]1N)c1cc(F)cc2c1OCC2. The molecule has 2 aliphatic rings. The fourth-order valence-corrected chi connectivity index (χ4v) is 3.04. The number of halogens is 1. The molecule has 3 heteroatoms. The van der Waals surface area contributed by atoms with Gasteiger partial charge in [0, 0.05) is 23.6 Å². The monoisotopic (exact) mass is 249 g/mol. The largest absolute Gasteiger partial charge is 0.493 e. The Hall–Kier alpha value is -1.09. The summed E-state index contributed by atoms with van der Waals surface area (Å²) in [5, 5.41) is 0. The van der Waals surface area contributed by atoms with Crippen molar-refractivity contribution < 1.29 is 9.13 Å². The molecule has 3 rings (SSSR count). The van der Waals surface area contributed by atoms with Crippen molar-refractivity contribution in [2.75, 3.05) is 6.61 Å². The lowest BCUT2D eigenvalue weighted by molar-refractivity contribution is 0.338. The van der Waals surface area contributed by atoms with Gasteiger partial charge in [0.05, 0.1) is 6.61 Å². The lowest BCUT2D eigenvalue weighted by Gasteiger charge is -2.27. The number of nitrogens with two attached hydrogens (primary N) is 1. The third kappa shape index (κ3) is 2.01. The maximum atomic E-state index is 13.7. The van der Waals surface area contributed by atoms with Crippen molar-refractivity contribution >= 4 is 0 Å². The fourth-order valence-electron chi connectivity index (χ4n) is 3.04. The maximum Gasteiger partial charge on any atom is 0.126 e. The van der Waals surface area contributed by atoms with E-state index in [1.165, 1.54) is 0 Å². The first kappa shape index (κ1) is 12.0. The highest BCUT2D eigenvalue weighted by Gasteiger charge is 2.40. The molecule has 1 unspecified atom stereocenters. The molecule has 2 nitrogen and oxygen atoms in total. The highest BCUT2D eigenvalue weighted by atomic mass is 19.1. The zero-order valence-electron chi connectivity index (χ0n) is 11.0. The molecule has 0 amide bonds. The third-order valence-electron chi connectivity index (χ3n) is 4.23. The lowest BCUT2D eigenvalue weighted by atomic mass is 9.78. The van der Waals surface area contributed by atoms with Gasteiger partial charge in [-0.1, -0.05) is 13.8 Å². The molecule has 98 valence electrons. The molecule has 1 heterocycles. The van der Waals surface area contributed by atoms with Gasteiger partial charge < -0.3 is 10.5 Å². The Bertz CT molecular complexity index is 484. The van der Waals surface area contributed by atoms with Crippen LogP contribution in [0.5, 0.6) is 5.75 Å². The van der Waals surface area contributed by atoms with Crippen LogP contribution in [-0.4, -0.2) is 12.6 Å². The molecule has 0 spiro atoms. The molecule has 1 aliphatic carbocycles. The summed E-state index contributed by atoms with van der Waals surface area (Å²) in [6.45, 7) is 4.99. The van der Waals surface area contributed by atoms with Crippen molar-refractivity contribution in [3.05, 3.63) is 29.1 Å². The molecule has 1 fully saturated rings. The number of hydrogen-bond acceptors (Lipinski definition) is 2. The molecular weight excluding hydrogens is 229 g/mol. The topological polar surface area (TPSA) is 35.2 Å². The number of benzene rings is 1. The van der Waals surface area contributed by atoms with E-state index in [0.29, 0.717) is 18.6 Å². The minimum atomic E-state index is -0.151. The quantitative estimate of drug-likeness (QED) is 0.894. The van der Waals surface area contributed by atoms with Gasteiger partial charge in [-0.2, -0.15) is 0 Å². The predicted molar refractivity (Wildman–Crippen MR) is 69.3 cm³/mol. The van der Waals surface area contributed by atoms with Crippen molar-refractivity contribution in [3.8, 4) is 5.75 Å². The Morgan fingerprint density at radius 1 is 1.44 bits per heavy atom. The molecule has 0 radical (unpaired) electrons. The second kappa shape index (κ2) is 3.95. The Balaban J connectivity index is 1.95. The van der Waals surface area contributed by atoms with E-state index in [9.17, 15) is 4.39 Å². The highest BCUT2D eigenvalue weighted by Crippen LogP contribution is 2.45. The second-order valence-corrected chi connectivity index (χ2v) is 6.29. The minimum Gasteiger partial charge on any atom is -0.493 e. The third-order valence-corrected chi connectivity index (χ3v) is 4.23. The van der Waals surface area contributed by atoms with Crippen LogP contribution in [-0.2, 0) is 11.8 Å². The van der Waals surface area contributed by atoms with Crippen LogP contribution < -0.4 is 10.5 Å². The van der Waals surface area contributed by atoms with E-state index < -0.39 is 0 Å². The zero-order chi connectivity index (χ0) is 12.9. The standard InChI is InChI=1S/C15H20FNO/c1-15(2,8-10-6-13(10)17)12-7-11(16)5-9-3-4-18-14(9)12/h5,7,10,13H,3-4,6,8,17H2,1-2H3/t10?,13-/m0/s1. The molecule has 2 N–H and O–H groups in total. The Morgan fingerprint density at radius 2 is 2.17 bits per heavy atom. The van der Waals surface area contributed by atoms with E-state index >= 15 is 0 Å². The number of hydrogen-bond donors (Lipinski definition) is 1. The Kier molecular flexibility index (Phi) is 2.63. The van der Waals surface area contributed by atoms with Gasteiger partial charge in [0.1, 0.15) is 11.6 Å². The maximum absolute atomic E-state index is 13.7. The average molecular weight is 249 g/mol. The number of rotatable bonds is 3. The van der Waals surface area contributed by atoms with Crippen molar-refractivity contribution in [2.24, 2.45) is 11.7 Å². The summed E-state index contributed by atoms with van der Waals surface area (Å²) in [6.07, 6.45) is 2.92. The molecule has 2 atom stereocenters. The van der Waals surface area contributed by atoms with Gasteiger partial charge >= 0.3 is 0 Å². The zero-order valence-corrected chi connectivity index (χ0v) is 11.0. The summed E-state index contributed by atoms with van der Waals surface area (Å²) >= 11 is 0. The van der Waals surface area contributed by atoms with E-state index in [0.717, 1.165) is 36.1 Å². The van der Waals surface area contributed by atoms with Crippen molar-refractivity contribution in [1.82, 2.24) is 0 Å². The summed E-state index contributed by atoms with van der Waals surface area (Å²) < 4.78 is 19.4. The Labute approximate surface area is 107 Å². The Morgan fingerprint density at radius 3 is 2.83 bits per heavy atom. The normalized spacial score (nSPS) is 25.8. The van der Waals surface area contributed by atoms with Gasteiger partial charge in [-0.05, 0) is 36.3 Å². The van der Waals surface area contributed by atoms with Crippen LogP contribution in [0, 0.1) is 11.7 Å². The number of fused-ring (bicyclic) bond motifs is 1. The first-order chi connectivity index (χ1) is 8.47. The second-order valence-electron chi connectivity index (χ2n) is 6.29. The van der Waals surface area contributed by atoms with Crippen molar-refractivity contribution in [1.29, 1.82) is 0 Å². The summed E-state index contributed by atoms with van der Waals surface area (Å²) in [5.74, 6) is 1.35. The van der Waals surface area contributed by atoms with Gasteiger partial charge in [0.25, 0.3) is 0 Å². The van der Waals surface area contributed by atoms with Crippen molar-refractivity contribution in [3.63, 3.8) is 0 Å². The van der Waals surface area contributed by atoms with E-state index in [4.69, 9.17) is 10.5 Å². The van der Waals surface area contributed by atoms with E-state index in [1.807, 2.05) is 0 Å². The lowest BCUT2D eigenvalue weighted by Crippen LogP contribution is -2.21. The van der Waals surface area contributed by atoms with Gasteiger partial charge in [-0.15, -0.1) is 0 Å². The summed E-state index contributed by atoms with van der Waals surface area (Å²) in [5.41, 5.74) is 7.84. The minimum absolute atomic E-state index is 0.0741. The van der Waals surface area contributed by atoms with Crippen LogP contribution in [0.1, 0.15) is 37.8 Å². The van der Waals surface area contributed by atoms with Crippen LogP contribution in [0.15, 0.2) is 12.1 Å². The summed E-state index contributed by atoms with van der Waals surface area (Å²) in [4.78, 5) is 0. The molecule has 0 aromatic heterocycles. The summed E-state index contributed by atoms with van der Waals surface area (Å²) in [7, 11) is 0. The van der Waals surface area contributed by atoms with E-state index in [-0.39, 0.29) is 11.2 Å². The molecule has 18 heavy (non-hydrogen) atoms. The summed E-state index contributed by atoms with van der Waals surface area (Å²) in [6, 6.07) is 3.58. The molecule has 1 aromatic carbocycles. The van der Waals surface area contributed by atoms with Crippen LogP contribution in [0.4, 0.5) is 4.39 Å². The molecule has 1 saturated carbocycles. The van der Waals surface area contributed by atoms with Crippen LogP contribution in [0.3, 0.4) is 0 Å². The van der Waals surface area contributed by atoms with Gasteiger partial charge in [-0.25, -0.2) is 4.39 Å². The van der Waals surface area contributed by atoms with Gasteiger partial charge in [0.2, 0.25) is 0 Å². The molecular formula is C15H20FNO. The molecule has 0 saturated heterocycles. The van der Waals surface area contributed by atoms with Gasteiger partial charge in [0.15, 0.2) is 0 Å². The van der Waals surface area contributed by atoms with Crippen LogP contribution in [0.2, 0.25) is 0 Å². The van der Waals surface area contributed by atoms with Crippen LogP contribution in [0.25, 0.3) is 0 Å². The first-order valence-electron chi connectivity index (χ1n) is 6.69. The van der Waals surface area contributed by atoms with Gasteiger partial charge in [-0.3, -0.25) is 0 Å². The fraction of sp³-hybridized carbons (Fsp3) is 0.600. The first-order valence-corrected chi connectivity index (χ1v) is 6.69. The molecule has 1 aliphatic heterocycles.